The van der Waals surface area contributed by atoms with Crippen LogP contribution in [-0.4, -0.2) is 26.1 Å². The molecule has 0 unspecified atom stereocenters. The average Bonchev–Trinajstić information content (AvgIpc) is 2.94. The van der Waals surface area contributed by atoms with Gasteiger partial charge in [-0.1, -0.05) is 65.4 Å². The van der Waals surface area contributed by atoms with E-state index in [2.05, 4.69) is 10.3 Å². The first-order chi connectivity index (χ1) is 10.6. The second kappa shape index (κ2) is 5.81. The lowest BCUT2D eigenvalue weighted by Gasteiger charge is -2.08. The van der Waals surface area contributed by atoms with E-state index in [1.165, 1.54) is 5.56 Å². The molecule has 3 aromatic rings. The minimum Gasteiger partial charge on any atom is -0.476 e. The molecule has 1 aromatic heterocycles. The number of carbonyl (C=O) groups is 1. The van der Waals surface area contributed by atoms with Gasteiger partial charge >= 0.3 is 5.97 Å². The zero-order valence-electron chi connectivity index (χ0n) is 12.1. The van der Waals surface area contributed by atoms with Gasteiger partial charge in [0.15, 0.2) is 5.69 Å². The summed E-state index contributed by atoms with van der Waals surface area (Å²) in [6, 6.07) is 17.4. The van der Waals surface area contributed by atoms with Crippen molar-refractivity contribution in [2.75, 3.05) is 0 Å². The third-order valence-electron chi connectivity index (χ3n) is 3.44. The van der Waals surface area contributed by atoms with E-state index in [4.69, 9.17) is 0 Å². The summed E-state index contributed by atoms with van der Waals surface area (Å²) >= 11 is 0. The highest BCUT2D eigenvalue weighted by molar-refractivity contribution is 5.92. The number of rotatable bonds is 4. The Labute approximate surface area is 127 Å². The Bertz CT molecular complexity index is 793. The summed E-state index contributed by atoms with van der Waals surface area (Å²) < 4.78 is 1.63. The number of benzene rings is 2. The van der Waals surface area contributed by atoms with Crippen LogP contribution in [-0.2, 0) is 6.54 Å². The van der Waals surface area contributed by atoms with Gasteiger partial charge in [0.05, 0.1) is 6.54 Å². The minimum absolute atomic E-state index is 0.0293. The van der Waals surface area contributed by atoms with Crippen molar-refractivity contribution in [2.24, 2.45) is 0 Å². The third-order valence-corrected chi connectivity index (χ3v) is 3.44. The fourth-order valence-electron chi connectivity index (χ4n) is 2.32. The minimum atomic E-state index is -1.07. The van der Waals surface area contributed by atoms with Crippen molar-refractivity contribution < 1.29 is 9.90 Å². The van der Waals surface area contributed by atoms with Gasteiger partial charge in [-0.25, -0.2) is 9.48 Å². The van der Waals surface area contributed by atoms with Crippen LogP contribution in [0.1, 0.15) is 21.6 Å². The fourth-order valence-corrected chi connectivity index (χ4v) is 2.32. The van der Waals surface area contributed by atoms with Crippen LogP contribution in [0.3, 0.4) is 0 Å². The number of hydrogen-bond donors (Lipinski definition) is 1. The first kappa shape index (κ1) is 14.0. The number of nitrogens with zero attached hydrogens (tertiary/aromatic N) is 3. The standard InChI is InChI=1S/C17H15N3O2/c1-12-7-9-13(10-8-12)11-20-16(14-5-3-2-4-6-14)15(17(21)22)18-19-20/h2-10H,11H2,1H3,(H,21,22). The molecule has 0 saturated heterocycles. The van der Waals surface area contributed by atoms with E-state index in [1.54, 1.807) is 4.68 Å². The van der Waals surface area contributed by atoms with E-state index >= 15 is 0 Å². The molecule has 0 radical (unpaired) electrons. The van der Waals surface area contributed by atoms with Crippen LogP contribution < -0.4 is 0 Å². The van der Waals surface area contributed by atoms with E-state index in [-0.39, 0.29) is 5.69 Å². The Morgan fingerprint density at radius 2 is 1.77 bits per heavy atom. The maximum atomic E-state index is 11.4. The van der Waals surface area contributed by atoms with E-state index in [0.717, 1.165) is 11.1 Å². The van der Waals surface area contributed by atoms with Gasteiger partial charge in [-0.05, 0) is 12.5 Å². The zero-order valence-corrected chi connectivity index (χ0v) is 12.1. The average molecular weight is 293 g/mol. The number of aromatic nitrogens is 3. The van der Waals surface area contributed by atoms with Crippen molar-refractivity contribution in [1.29, 1.82) is 0 Å². The fraction of sp³-hybridized carbons (Fsp3) is 0.118. The Hall–Kier alpha value is -2.95. The normalized spacial score (nSPS) is 10.6. The van der Waals surface area contributed by atoms with Crippen molar-refractivity contribution in [3.63, 3.8) is 0 Å². The second-order valence-corrected chi connectivity index (χ2v) is 5.10. The molecular formula is C17H15N3O2. The molecule has 0 saturated carbocycles. The van der Waals surface area contributed by atoms with Crippen molar-refractivity contribution in [2.45, 2.75) is 13.5 Å². The molecule has 0 atom stereocenters. The SMILES string of the molecule is Cc1ccc(Cn2nnc(C(=O)O)c2-c2ccccc2)cc1. The highest BCUT2D eigenvalue weighted by atomic mass is 16.4. The Morgan fingerprint density at radius 3 is 2.41 bits per heavy atom. The van der Waals surface area contributed by atoms with Crippen molar-refractivity contribution in [1.82, 2.24) is 15.0 Å². The Morgan fingerprint density at radius 1 is 1.09 bits per heavy atom. The van der Waals surface area contributed by atoms with Gasteiger partial charge in [0, 0.05) is 5.56 Å². The summed E-state index contributed by atoms with van der Waals surface area (Å²) in [4.78, 5) is 11.4. The van der Waals surface area contributed by atoms with Crippen LogP contribution in [0, 0.1) is 6.92 Å². The van der Waals surface area contributed by atoms with Crippen molar-refractivity contribution >= 4 is 5.97 Å². The Balaban J connectivity index is 2.05. The second-order valence-electron chi connectivity index (χ2n) is 5.10. The number of hydrogen-bond acceptors (Lipinski definition) is 3. The molecular weight excluding hydrogens is 278 g/mol. The highest BCUT2D eigenvalue weighted by Crippen LogP contribution is 2.23. The van der Waals surface area contributed by atoms with Gasteiger partial charge in [0.25, 0.3) is 0 Å². The van der Waals surface area contributed by atoms with E-state index in [0.29, 0.717) is 12.2 Å². The van der Waals surface area contributed by atoms with Crippen LogP contribution in [0.25, 0.3) is 11.3 Å². The molecule has 1 N–H and O–H groups in total. The Kier molecular flexibility index (Phi) is 3.70. The number of aryl methyl sites for hydroxylation is 1. The molecule has 2 aromatic carbocycles. The number of carboxylic acids is 1. The van der Waals surface area contributed by atoms with Gasteiger partial charge in [-0.3, -0.25) is 0 Å². The van der Waals surface area contributed by atoms with Crippen LogP contribution >= 0.6 is 0 Å². The van der Waals surface area contributed by atoms with Gasteiger partial charge in [-0.2, -0.15) is 0 Å². The largest absolute Gasteiger partial charge is 0.476 e. The molecule has 5 heteroatoms. The predicted octanol–water partition coefficient (Wildman–Crippen LogP) is 3.00. The van der Waals surface area contributed by atoms with Crippen LogP contribution in [0.15, 0.2) is 54.6 Å². The number of aromatic carboxylic acids is 1. The zero-order chi connectivity index (χ0) is 15.5. The first-order valence-electron chi connectivity index (χ1n) is 6.93. The molecule has 0 bridgehead atoms. The molecule has 3 rings (SSSR count). The molecule has 1 heterocycles. The van der Waals surface area contributed by atoms with Gasteiger partial charge in [0.2, 0.25) is 0 Å². The lowest BCUT2D eigenvalue weighted by atomic mass is 10.1. The van der Waals surface area contributed by atoms with Gasteiger partial charge in [0.1, 0.15) is 5.69 Å². The molecule has 110 valence electrons. The summed E-state index contributed by atoms with van der Waals surface area (Å²) in [5, 5.41) is 17.2. The lowest BCUT2D eigenvalue weighted by Crippen LogP contribution is -2.06. The lowest BCUT2D eigenvalue weighted by molar-refractivity contribution is 0.0691. The smallest absolute Gasteiger partial charge is 0.358 e. The molecule has 0 fully saturated rings. The van der Waals surface area contributed by atoms with Crippen molar-refractivity contribution in [3.05, 3.63) is 71.4 Å². The topological polar surface area (TPSA) is 68.0 Å². The molecule has 0 aliphatic heterocycles. The third kappa shape index (κ3) is 2.74. The number of carboxylic acid groups (broad SMARTS) is 1. The van der Waals surface area contributed by atoms with Crippen LogP contribution in [0.4, 0.5) is 0 Å². The van der Waals surface area contributed by atoms with Crippen LogP contribution in [0.2, 0.25) is 0 Å². The maximum absolute atomic E-state index is 11.4. The quantitative estimate of drug-likeness (QED) is 0.803. The molecule has 0 amide bonds. The monoisotopic (exact) mass is 293 g/mol. The van der Waals surface area contributed by atoms with Crippen LogP contribution in [0.5, 0.6) is 0 Å². The summed E-state index contributed by atoms with van der Waals surface area (Å²) in [5.74, 6) is -1.07. The van der Waals surface area contributed by atoms with Crippen molar-refractivity contribution in [3.8, 4) is 11.3 Å². The van der Waals surface area contributed by atoms with E-state index < -0.39 is 5.97 Å². The molecule has 0 spiro atoms. The molecule has 0 aliphatic carbocycles. The highest BCUT2D eigenvalue weighted by Gasteiger charge is 2.20. The van der Waals surface area contributed by atoms with E-state index in [1.807, 2.05) is 61.5 Å². The predicted molar refractivity (Wildman–Crippen MR) is 82.7 cm³/mol. The summed E-state index contributed by atoms with van der Waals surface area (Å²) in [7, 11) is 0. The molecule has 0 aliphatic rings. The van der Waals surface area contributed by atoms with Gasteiger partial charge in [-0.15, -0.1) is 5.10 Å². The summed E-state index contributed by atoms with van der Waals surface area (Å²) in [5.41, 5.74) is 3.51. The maximum Gasteiger partial charge on any atom is 0.358 e. The molecule has 22 heavy (non-hydrogen) atoms. The van der Waals surface area contributed by atoms with Gasteiger partial charge < -0.3 is 5.11 Å². The summed E-state index contributed by atoms with van der Waals surface area (Å²) in [6.07, 6.45) is 0. The first-order valence-corrected chi connectivity index (χ1v) is 6.93. The molecule has 5 nitrogen and oxygen atoms in total. The summed E-state index contributed by atoms with van der Waals surface area (Å²) in [6.45, 7) is 2.50. The van der Waals surface area contributed by atoms with E-state index in [9.17, 15) is 9.90 Å².